The molecule has 0 aliphatic carbocycles. The van der Waals surface area contributed by atoms with Gasteiger partial charge < -0.3 is 5.11 Å². The zero-order valence-electron chi connectivity index (χ0n) is 11.1. The van der Waals surface area contributed by atoms with Crippen LogP contribution >= 0.6 is 0 Å². The minimum absolute atomic E-state index is 0.184. The molecule has 18 heavy (non-hydrogen) atoms. The van der Waals surface area contributed by atoms with E-state index in [1.54, 1.807) is 12.1 Å². The van der Waals surface area contributed by atoms with Gasteiger partial charge in [-0.2, -0.15) is 0 Å². The van der Waals surface area contributed by atoms with Crippen LogP contribution in [0, 0.1) is 11.7 Å². The molecular formula is C16H23FO. The zero-order chi connectivity index (χ0) is 13.2. The van der Waals surface area contributed by atoms with Gasteiger partial charge in [-0.3, -0.25) is 0 Å². The molecule has 1 atom stereocenters. The number of halogens is 1. The zero-order valence-corrected chi connectivity index (χ0v) is 11.1. The Morgan fingerprint density at radius 1 is 1.17 bits per heavy atom. The number of aliphatic hydroxyl groups excluding tert-OH is 1. The molecule has 1 nitrogen and oxygen atoms in total. The van der Waals surface area contributed by atoms with Crippen molar-refractivity contribution >= 4 is 6.08 Å². The smallest absolute Gasteiger partial charge is 0.123 e. The average Bonchev–Trinajstić information content (AvgIpc) is 2.40. The summed E-state index contributed by atoms with van der Waals surface area (Å²) in [4.78, 5) is 0. The standard InChI is InChI=1S/C16H23FO/c1-2-3-4-5-6-15(13-18)8-7-14-9-11-16(17)12-10-14/h7-12,15,18H,2-6,13H2,1H3/b8-7+/t15-/m1/s1. The van der Waals surface area contributed by atoms with E-state index in [9.17, 15) is 9.50 Å². The lowest BCUT2D eigenvalue weighted by molar-refractivity contribution is 0.243. The van der Waals surface area contributed by atoms with Crippen LogP contribution in [0.1, 0.15) is 44.6 Å². The van der Waals surface area contributed by atoms with Crippen molar-refractivity contribution in [3.05, 3.63) is 41.7 Å². The van der Waals surface area contributed by atoms with Crippen molar-refractivity contribution in [1.29, 1.82) is 0 Å². The second kappa shape index (κ2) is 8.87. The molecule has 1 rings (SSSR count). The van der Waals surface area contributed by atoms with E-state index in [0.717, 1.165) is 18.4 Å². The van der Waals surface area contributed by atoms with Crippen LogP contribution in [-0.2, 0) is 0 Å². The maximum absolute atomic E-state index is 12.7. The quantitative estimate of drug-likeness (QED) is 0.677. The van der Waals surface area contributed by atoms with Crippen LogP contribution in [0.25, 0.3) is 6.08 Å². The molecule has 0 fully saturated rings. The minimum atomic E-state index is -0.217. The first-order chi connectivity index (χ1) is 8.76. The Bertz CT molecular complexity index is 343. The molecule has 0 saturated heterocycles. The summed E-state index contributed by atoms with van der Waals surface area (Å²) in [6, 6.07) is 6.40. The maximum atomic E-state index is 12.7. The first-order valence-electron chi connectivity index (χ1n) is 6.81. The first kappa shape index (κ1) is 14.9. The monoisotopic (exact) mass is 250 g/mol. The summed E-state index contributed by atoms with van der Waals surface area (Å²) < 4.78 is 12.7. The van der Waals surface area contributed by atoms with Gasteiger partial charge in [-0.05, 0) is 24.1 Å². The van der Waals surface area contributed by atoms with E-state index in [4.69, 9.17) is 0 Å². The summed E-state index contributed by atoms with van der Waals surface area (Å²) in [5, 5.41) is 9.29. The molecule has 1 aromatic carbocycles. The highest BCUT2D eigenvalue weighted by atomic mass is 19.1. The van der Waals surface area contributed by atoms with Crippen LogP contribution in [0.2, 0.25) is 0 Å². The van der Waals surface area contributed by atoms with Crippen molar-refractivity contribution in [2.45, 2.75) is 39.0 Å². The summed E-state index contributed by atoms with van der Waals surface area (Å²) >= 11 is 0. The molecule has 0 bridgehead atoms. The van der Waals surface area contributed by atoms with Crippen molar-refractivity contribution in [3.63, 3.8) is 0 Å². The van der Waals surface area contributed by atoms with Crippen LogP contribution in [0.15, 0.2) is 30.3 Å². The molecule has 2 heteroatoms. The highest BCUT2D eigenvalue weighted by molar-refractivity contribution is 5.49. The second-order valence-electron chi connectivity index (χ2n) is 4.70. The molecule has 0 aromatic heterocycles. The molecule has 0 aliphatic heterocycles. The van der Waals surface area contributed by atoms with Gasteiger partial charge in [-0.25, -0.2) is 4.39 Å². The lowest BCUT2D eigenvalue weighted by Gasteiger charge is -2.08. The van der Waals surface area contributed by atoms with Gasteiger partial charge in [0, 0.05) is 12.5 Å². The number of rotatable bonds is 8. The van der Waals surface area contributed by atoms with E-state index in [0.29, 0.717) is 0 Å². The van der Waals surface area contributed by atoms with Crippen LogP contribution in [0.4, 0.5) is 4.39 Å². The summed E-state index contributed by atoms with van der Waals surface area (Å²) in [6.45, 7) is 2.38. The number of aliphatic hydroxyl groups is 1. The Labute approximate surface area is 109 Å². The third-order valence-electron chi connectivity index (χ3n) is 3.09. The molecular weight excluding hydrogens is 227 g/mol. The Hall–Kier alpha value is -1.15. The Morgan fingerprint density at radius 3 is 2.50 bits per heavy atom. The van der Waals surface area contributed by atoms with Gasteiger partial charge in [-0.15, -0.1) is 0 Å². The summed E-state index contributed by atoms with van der Waals surface area (Å²) in [7, 11) is 0. The number of benzene rings is 1. The number of hydrogen-bond acceptors (Lipinski definition) is 1. The number of unbranched alkanes of at least 4 members (excludes halogenated alkanes) is 3. The molecule has 0 unspecified atom stereocenters. The highest BCUT2D eigenvalue weighted by Crippen LogP contribution is 2.14. The molecule has 1 aromatic rings. The fraction of sp³-hybridized carbons (Fsp3) is 0.500. The van der Waals surface area contributed by atoms with E-state index in [-0.39, 0.29) is 18.3 Å². The van der Waals surface area contributed by atoms with Gasteiger partial charge in [0.25, 0.3) is 0 Å². The fourth-order valence-corrected chi connectivity index (χ4v) is 1.90. The second-order valence-corrected chi connectivity index (χ2v) is 4.70. The van der Waals surface area contributed by atoms with E-state index >= 15 is 0 Å². The molecule has 0 heterocycles. The minimum Gasteiger partial charge on any atom is -0.396 e. The van der Waals surface area contributed by atoms with E-state index in [1.807, 2.05) is 12.2 Å². The largest absolute Gasteiger partial charge is 0.396 e. The molecule has 0 spiro atoms. The Kier molecular flexibility index (Phi) is 7.35. The fourth-order valence-electron chi connectivity index (χ4n) is 1.90. The molecule has 0 radical (unpaired) electrons. The summed E-state index contributed by atoms with van der Waals surface area (Å²) in [5.74, 6) is -0.00247. The van der Waals surface area contributed by atoms with Crippen molar-refractivity contribution in [2.75, 3.05) is 6.61 Å². The normalized spacial score (nSPS) is 13.1. The van der Waals surface area contributed by atoms with Gasteiger partial charge in [0.2, 0.25) is 0 Å². The number of hydrogen-bond donors (Lipinski definition) is 1. The average molecular weight is 250 g/mol. The summed E-state index contributed by atoms with van der Waals surface area (Å²) in [6.07, 6.45) is 9.90. The first-order valence-corrected chi connectivity index (χ1v) is 6.81. The van der Waals surface area contributed by atoms with Crippen molar-refractivity contribution in [3.8, 4) is 0 Å². The van der Waals surface area contributed by atoms with Crippen molar-refractivity contribution in [1.82, 2.24) is 0 Å². The Balaban J connectivity index is 2.39. The van der Waals surface area contributed by atoms with Crippen molar-refractivity contribution < 1.29 is 9.50 Å². The highest BCUT2D eigenvalue weighted by Gasteiger charge is 2.02. The molecule has 100 valence electrons. The lowest BCUT2D eigenvalue weighted by atomic mass is 10.00. The summed E-state index contributed by atoms with van der Waals surface area (Å²) in [5.41, 5.74) is 0.975. The van der Waals surface area contributed by atoms with E-state index in [1.165, 1.54) is 31.4 Å². The molecule has 0 amide bonds. The van der Waals surface area contributed by atoms with Crippen LogP contribution < -0.4 is 0 Å². The predicted molar refractivity (Wildman–Crippen MR) is 74.8 cm³/mol. The van der Waals surface area contributed by atoms with Gasteiger partial charge in [0.15, 0.2) is 0 Å². The molecule has 1 N–H and O–H groups in total. The van der Waals surface area contributed by atoms with E-state index in [2.05, 4.69) is 6.92 Å². The van der Waals surface area contributed by atoms with Gasteiger partial charge in [-0.1, -0.05) is 56.9 Å². The maximum Gasteiger partial charge on any atom is 0.123 e. The van der Waals surface area contributed by atoms with E-state index < -0.39 is 0 Å². The van der Waals surface area contributed by atoms with Gasteiger partial charge in [0.05, 0.1) is 0 Å². The lowest BCUT2D eigenvalue weighted by Crippen LogP contribution is -2.02. The van der Waals surface area contributed by atoms with Gasteiger partial charge >= 0.3 is 0 Å². The third-order valence-corrected chi connectivity index (χ3v) is 3.09. The van der Waals surface area contributed by atoms with Crippen LogP contribution in [0.5, 0.6) is 0 Å². The SMILES string of the molecule is CCCCCC[C@H](/C=C/c1ccc(F)cc1)CO. The topological polar surface area (TPSA) is 20.2 Å². The molecule has 0 saturated carbocycles. The van der Waals surface area contributed by atoms with Gasteiger partial charge in [0.1, 0.15) is 5.82 Å². The van der Waals surface area contributed by atoms with Crippen molar-refractivity contribution in [2.24, 2.45) is 5.92 Å². The Morgan fingerprint density at radius 2 is 1.89 bits per heavy atom. The predicted octanol–water partition coefficient (Wildman–Crippen LogP) is 4.42. The van der Waals surface area contributed by atoms with Crippen LogP contribution in [0.3, 0.4) is 0 Å². The molecule has 0 aliphatic rings. The van der Waals surface area contributed by atoms with Crippen LogP contribution in [-0.4, -0.2) is 11.7 Å². The third kappa shape index (κ3) is 5.97.